The van der Waals surface area contributed by atoms with Crippen LogP contribution >= 0.6 is 11.8 Å². The first-order chi connectivity index (χ1) is 14.3. The molecule has 2 aromatic rings. The number of methoxy groups -OCH3 is 2. The van der Waals surface area contributed by atoms with E-state index < -0.39 is 10.7 Å². The zero-order valence-corrected chi connectivity index (χ0v) is 18.4. The van der Waals surface area contributed by atoms with Crippen molar-refractivity contribution in [1.29, 1.82) is 0 Å². The zero-order valence-electron chi connectivity index (χ0n) is 17.6. The fourth-order valence-electron chi connectivity index (χ4n) is 3.91. The van der Waals surface area contributed by atoms with Crippen LogP contribution in [0, 0.1) is 0 Å². The van der Waals surface area contributed by atoms with Gasteiger partial charge in [-0.3, -0.25) is 4.79 Å². The van der Waals surface area contributed by atoms with Crippen LogP contribution in [0.4, 0.5) is 0 Å². The van der Waals surface area contributed by atoms with E-state index in [-0.39, 0.29) is 16.6 Å². The topological polar surface area (TPSA) is 48.1 Å². The molecule has 2 aromatic carbocycles. The standard InChI is InChI=1S/C25H26O4S/c1-23(2)25(28-4,29-23)21-12-10-18(11-13-21)19-14-16-24(27-3,17-15-19)30-22(26)20-8-6-5-7-9-20/h5-17,19H,1-4H3. The van der Waals surface area contributed by atoms with Crippen molar-refractivity contribution in [2.75, 3.05) is 14.2 Å². The van der Waals surface area contributed by atoms with Crippen LogP contribution in [0.25, 0.3) is 0 Å². The second-order valence-corrected chi connectivity index (χ2v) is 9.19. The molecule has 0 aromatic heterocycles. The van der Waals surface area contributed by atoms with Gasteiger partial charge in [0, 0.05) is 31.3 Å². The molecule has 1 saturated heterocycles. The van der Waals surface area contributed by atoms with Crippen LogP contribution in [0.3, 0.4) is 0 Å². The van der Waals surface area contributed by atoms with Crippen molar-refractivity contribution in [3.05, 3.63) is 95.6 Å². The van der Waals surface area contributed by atoms with Gasteiger partial charge in [0.1, 0.15) is 5.60 Å². The molecule has 1 fully saturated rings. The van der Waals surface area contributed by atoms with Crippen LogP contribution in [0.5, 0.6) is 0 Å². The summed E-state index contributed by atoms with van der Waals surface area (Å²) in [4.78, 5) is 11.8. The summed E-state index contributed by atoms with van der Waals surface area (Å²) >= 11 is 1.17. The van der Waals surface area contributed by atoms with Crippen LogP contribution in [-0.2, 0) is 20.0 Å². The van der Waals surface area contributed by atoms with E-state index >= 15 is 0 Å². The minimum absolute atomic E-state index is 0.0218. The molecule has 1 aliphatic carbocycles. The molecule has 0 amide bonds. The molecule has 0 spiro atoms. The Labute approximate surface area is 181 Å². The highest BCUT2D eigenvalue weighted by atomic mass is 32.2. The molecule has 1 atom stereocenters. The van der Waals surface area contributed by atoms with Gasteiger partial charge in [-0.2, -0.15) is 0 Å². The second-order valence-electron chi connectivity index (χ2n) is 7.98. The SMILES string of the molecule is COC1(SC(=O)c2ccccc2)C=CC(c2ccc(C3(OC)OC3(C)C)cc2)C=C1. The smallest absolute Gasteiger partial charge is 0.225 e. The lowest BCUT2D eigenvalue weighted by Gasteiger charge is -2.28. The third-order valence-electron chi connectivity index (χ3n) is 5.77. The Hall–Kier alpha value is -2.18. The van der Waals surface area contributed by atoms with Crippen molar-refractivity contribution in [3.63, 3.8) is 0 Å². The van der Waals surface area contributed by atoms with Crippen LogP contribution in [0.1, 0.15) is 41.3 Å². The molecular weight excluding hydrogens is 396 g/mol. The maximum atomic E-state index is 12.6. The number of epoxide rings is 1. The highest BCUT2D eigenvalue weighted by Crippen LogP contribution is 2.55. The highest BCUT2D eigenvalue weighted by molar-refractivity contribution is 8.15. The molecule has 1 heterocycles. The predicted molar refractivity (Wildman–Crippen MR) is 119 cm³/mol. The van der Waals surface area contributed by atoms with E-state index in [4.69, 9.17) is 14.2 Å². The summed E-state index contributed by atoms with van der Waals surface area (Å²) in [5, 5.41) is -0.0218. The van der Waals surface area contributed by atoms with Gasteiger partial charge in [-0.05, 0) is 43.3 Å². The molecule has 1 unspecified atom stereocenters. The first-order valence-corrected chi connectivity index (χ1v) is 10.7. The fraction of sp³-hybridized carbons (Fsp3) is 0.320. The summed E-state index contributed by atoms with van der Waals surface area (Å²) in [6, 6.07) is 17.6. The maximum Gasteiger partial charge on any atom is 0.225 e. The average molecular weight is 423 g/mol. The Morgan fingerprint density at radius 3 is 2.03 bits per heavy atom. The normalized spacial score (nSPS) is 29.0. The minimum Gasteiger partial charge on any atom is -0.360 e. The number of hydrogen-bond donors (Lipinski definition) is 0. The van der Waals surface area contributed by atoms with E-state index in [0.29, 0.717) is 5.56 Å². The summed E-state index contributed by atoms with van der Waals surface area (Å²) in [5.41, 5.74) is 2.50. The predicted octanol–water partition coefficient (Wildman–Crippen LogP) is 5.42. The van der Waals surface area contributed by atoms with Crippen LogP contribution < -0.4 is 0 Å². The average Bonchev–Trinajstić information content (AvgIpc) is 3.37. The van der Waals surface area contributed by atoms with Gasteiger partial charge < -0.3 is 14.2 Å². The molecule has 4 rings (SSSR count). The number of carbonyl (C=O) groups excluding carboxylic acids is 1. The lowest BCUT2D eigenvalue weighted by Crippen LogP contribution is -2.26. The molecule has 1 aliphatic heterocycles. The third kappa shape index (κ3) is 3.67. The van der Waals surface area contributed by atoms with E-state index in [1.165, 1.54) is 11.8 Å². The lowest BCUT2D eigenvalue weighted by atomic mass is 9.91. The molecule has 4 nitrogen and oxygen atoms in total. The van der Waals surface area contributed by atoms with Gasteiger partial charge >= 0.3 is 0 Å². The van der Waals surface area contributed by atoms with Crippen molar-refractivity contribution in [1.82, 2.24) is 0 Å². The summed E-state index contributed by atoms with van der Waals surface area (Å²) < 4.78 is 17.2. The van der Waals surface area contributed by atoms with Crippen molar-refractivity contribution < 1.29 is 19.0 Å². The molecule has 30 heavy (non-hydrogen) atoms. The number of carbonyl (C=O) groups is 1. The summed E-state index contributed by atoms with van der Waals surface area (Å²) in [6.07, 6.45) is 8.07. The Morgan fingerprint density at radius 2 is 1.53 bits per heavy atom. The Balaban J connectivity index is 1.48. The number of allylic oxidation sites excluding steroid dienone is 2. The molecule has 0 bridgehead atoms. The highest BCUT2D eigenvalue weighted by Gasteiger charge is 2.66. The fourth-order valence-corrected chi connectivity index (χ4v) is 4.83. The quantitative estimate of drug-likeness (QED) is 0.353. The van der Waals surface area contributed by atoms with Crippen molar-refractivity contribution in [2.45, 2.75) is 36.1 Å². The van der Waals surface area contributed by atoms with Gasteiger partial charge in [-0.1, -0.05) is 66.7 Å². The summed E-state index contributed by atoms with van der Waals surface area (Å²) in [6.45, 7) is 4.05. The van der Waals surface area contributed by atoms with Gasteiger partial charge in [0.25, 0.3) is 0 Å². The van der Waals surface area contributed by atoms with E-state index in [2.05, 4.69) is 36.4 Å². The van der Waals surface area contributed by atoms with Crippen molar-refractivity contribution in [3.8, 4) is 0 Å². The number of rotatable bonds is 6. The summed E-state index contributed by atoms with van der Waals surface area (Å²) in [5.74, 6) is -0.551. The lowest BCUT2D eigenvalue weighted by molar-refractivity contribution is -0.0147. The van der Waals surface area contributed by atoms with Crippen molar-refractivity contribution in [2.24, 2.45) is 0 Å². The number of ether oxygens (including phenoxy) is 3. The molecule has 0 N–H and O–H groups in total. The monoisotopic (exact) mass is 422 g/mol. The van der Waals surface area contributed by atoms with Gasteiger partial charge in [0.05, 0.1) is 0 Å². The van der Waals surface area contributed by atoms with Crippen molar-refractivity contribution >= 4 is 16.9 Å². The van der Waals surface area contributed by atoms with Gasteiger partial charge in [0.2, 0.25) is 10.9 Å². The minimum atomic E-state index is -0.796. The molecule has 5 heteroatoms. The number of benzene rings is 2. The molecule has 156 valence electrons. The summed E-state index contributed by atoms with van der Waals surface area (Å²) in [7, 11) is 3.30. The van der Waals surface area contributed by atoms with E-state index in [1.54, 1.807) is 14.2 Å². The van der Waals surface area contributed by atoms with Gasteiger partial charge in [-0.25, -0.2) is 0 Å². The maximum absolute atomic E-state index is 12.6. The van der Waals surface area contributed by atoms with Crippen LogP contribution in [0.15, 0.2) is 78.9 Å². The number of hydrogen-bond acceptors (Lipinski definition) is 5. The molecule has 0 radical (unpaired) electrons. The second kappa shape index (κ2) is 7.82. The van der Waals surface area contributed by atoms with Crippen LogP contribution in [0.2, 0.25) is 0 Å². The largest absolute Gasteiger partial charge is 0.360 e. The Bertz CT molecular complexity index is 964. The van der Waals surface area contributed by atoms with E-state index in [9.17, 15) is 4.79 Å². The van der Waals surface area contributed by atoms with Gasteiger partial charge in [0.15, 0.2) is 4.93 Å². The third-order valence-corrected chi connectivity index (χ3v) is 6.94. The first-order valence-electron chi connectivity index (χ1n) is 9.93. The molecular formula is C25H26O4S. The Kier molecular flexibility index (Phi) is 5.49. The van der Waals surface area contributed by atoms with E-state index in [0.717, 1.165) is 11.1 Å². The van der Waals surface area contributed by atoms with Crippen LogP contribution in [-0.4, -0.2) is 29.9 Å². The molecule has 2 aliphatic rings. The van der Waals surface area contributed by atoms with E-state index in [1.807, 2.05) is 56.3 Å². The number of thioether (sulfide) groups is 1. The first kappa shape index (κ1) is 21.1. The zero-order chi connectivity index (χ0) is 21.4. The molecule has 0 saturated carbocycles. The van der Waals surface area contributed by atoms with Gasteiger partial charge in [-0.15, -0.1) is 0 Å². The Morgan fingerprint density at radius 1 is 0.933 bits per heavy atom.